The molecule has 0 saturated carbocycles. The third kappa shape index (κ3) is 7.53. The van der Waals surface area contributed by atoms with Gasteiger partial charge in [0.2, 0.25) is 0 Å². The van der Waals surface area contributed by atoms with Gasteiger partial charge in [-0.3, -0.25) is 4.79 Å². The molecule has 0 heterocycles. The van der Waals surface area contributed by atoms with Gasteiger partial charge in [0.25, 0.3) is 5.91 Å². The molecule has 1 amide bonds. The number of hydrogen-bond donors (Lipinski definition) is 2. The molecule has 0 aromatic heterocycles. The summed E-state index contributed by atoms with van der Waals surface area (Å²) in [5.41, 5.74) is 1.52. The summed E-state index contributed by atoms with van der Waals surface area (Å²) in [6, 6.07) is 7.23. The molecule has 0 saturated heterocycles. The Kier molecular flexibility index (Phi) is 8.23. The molecule has 0 unspecified atom stereocenters. The molecular weight excluding hydrogens is 262 g/mol. The van der Waals surface area contributed by atoms with Crippen LogP contribution in [0, 0.1) is 17.8 Å². The van der Waals surface area contributed by atoms with E-state index in [-0.39, 0.29) is 12.5 Å². The van der Waals surface area contributed by atoms with E-state index in [2.05, 4.69) is 31.0 Å². The predicted molar refractivity (Wildman–Crippen MR) is 86.0 cm³/mol. The van der Waals surface area contributed by atoms with Crippen LogP contribution < -0.4 is 5.32 Å². The van der Waals surface area contributed by atoms with Crippen molar-refractivity contribution in [1.29, 1.82) is 0 Å². The summed E-state index contributed by atoms with van der Waals surface area (Å²) in [5.74, 6) is 6.49. The Labute approximate surface area is 127 Å². The summed E-state index contributed by atoms with van der Waals surface area (Å²) in [5, 5.41) is 11.6. The number of benzene rings is 1. The van der Waals surface area contributed by atoms with E-state index in [4.69, 9.17) is 5.11 Å². The van der Waals surface area contributed by atoms with E-state index in [1.165, 1.54) is 6.42 Å². The zero-order valence-corrected chi connectivity index (χ0v) is 13.0. The first kappa shape index (κ1) is 17.3. The van der Waals surface area contributed by atoms with Gasteiger partial charge in [0.05, 0.1) is 6.61 Å². The number of amides is 1. The fraction of sp³-hybridized carbons (Fsp3) is 0.500. The van der Waals surface area contributed by atoms with E-state index in [0.717, 1.165) is 30.9 Å². The van der Waals surface area contributed by atoms with Crippen molar-refractivity contribution in [2.24, 2.45) is 5.92 Å². The molecule has 3 heteroatoms. The molecular formula is C18H25NO2. The van der Waals surface area contributed by atoms with Gasteiger partial charge in [0.1, 0.15) is 0 Å². The number of aliphatic hydroxyl groups excluding tert-OH is 1. The van der Waals surface area contributed by atoms with Crippen molar-refractivity contribution in [3.8, 4) is 11.8 Å². The highest BCUT2D eigenvalue weighted by Crippen LogP contribution is 2.06. The third-order valence-electron chi connectivity index (χ3n) is 3.11. The number of hydrogen-bond acceptors (Lipinski definition) is 2. The molecule has 3 nitrogen and oxygen atoms in total. The summed E-state index contributed by atoms with van der Waals surface area (Å²) in [6.07, 6.45) is 3.85. The lowest BCUT2D eigenvalue weighted by molar-refractivity contribution is 0.0953. The molecule has 0 spiro atoms. The van der Waals surface area contributed by atoms with E-state index < -0.39 is 0 Å². The molecule has 1 aromatic carbocycles. The van der Waals surface area contributed by atoms with Crippen molar-refractivity contribution < 1.29 is 9.90 Å². The lowest BCUT2D eigenvalue weighted by Crippen LogP contribution is -2.24. The first-order chi connectivity index (χ1) is 10.1. The second-order valence-corrected chi connectivity index (χ2v) is 5.50. The van der Waals surface area contributed by atoms with Crippen molar-refractivity contribution in [3.63, 3.8) is 0 Å². The topological polar surface area (TPSA) is 49.3 Å². The van der Waals surface area contributed by atoms with Gasteiger partial charge in [-0.1, -0.05) is 38.5 Å². The number of nitrogens with one attached hydrogen (secondary N) is 1. The molecule has 0 fully saturated rings. The van der Waals surface area contributed by atoms with E-state index in [1.807, 2.05) is 12.1 Å². The molecule has 0 aliphatic heterocycles. The van der Waals surface area contributed by atoms with E-state index in [1.54, 1.807) is 12.1 Å². The van der Waals surface area contributed by atoms with Gasteiger partial charge in [-0.15, -0.1) is 0 Å². The molecule has 114 valence electrons. The Morgan fingerprint density at radius 1 is 1.24 bits per heavy atom. The number of carbonyl (C=O) groups excluding carboxylic acids is 1. The second-order valence-electron chi connectivity index (χ2n) is 5.50. The summed E-state index contributed by atoms with van der Waals surface area (Å²) >= 11 is 0. The highest BCUT2D eigenvalue weighted by Gasteiger charge is 2.04. The van der Waals surface area contributed by atoms with Gasteiger partial charge >= 0.3 is 0 Å². The molecule has 1 rings (SSSR count). The Bertz CT molecular complexity index is 480. The number of carbonyl (C=O) groups is 1. The molecule has 2 N–H and O–H groups in total. The highest BCUT2D eigenvalue weighted by atomic mass is 16.2. The van der Waals surface area contributed by atoms with Crippen LogP contribution in [0.3, 0.4) is 0 Å². The first-order valence-corrected chi connectivity index (χ1v) is 7.61. The van der Waals surface area contributed by atoms with E-state index >= 15 is 0 Å². The average Bonchev–Trinajstić information content (AvgIpc) is 2.47. The maximum atomic E-state index is 11.9. The fourth-order valence-corrected chi connectivity index (χ4v) is 1.91. The Morgan fingerprint density at radius 3 is 2.57 bits per heavy atom. The SMILES string of the molecule is CC(C)CCCCNC(=O)c1ccc(C#CCCO)cc1. The molecule has 21 heavy (non-hydrogen) atoms. The maximum absolute atomic E-state index is 11.9. The minimum absolute atomic E-state index is 0.0329. The van der Waals surface area contributed by atoms with Gasteiger partial charge in [0.15, 0.2) is 0 Å². The quantitative estimate of drug-likeness (QED) is 0.598. The zero-order valence-electron chi connectivity index (χ0n) is 13.0. The van der Waals surface area contributed by atoms with Gasteiger partial charge in [-0.25, -0.2) is 0 Å². The molecule has 0 atom stereocenters. The maximum Gasteiger partial charge on any atom is 0.251 e. The van der Waals surface area contributed by atoms with Crippen LogP contribution in [0.5, 0.6) is 0 Å². The average molecular weight is 287 g/mol. The Balaban J connectivity index is 2.36. The van der Waals surface area contributed by atoms with Crippen molar-refractivity contribution in [2.45, 2.75) is 39.5 Å². The van der Waals surface area contributed by atoms with Crippen LogP contribution in [0.25, 0.3) is 0 Å². The smallest absolute Gasteiger partial charge is 0.251 e. The van der Waals surface area contributed by atoms with Gasteiger partial charge in [-0.2, -0.15) is 0 Å². The van der Waals surface area contributed by atoms with Crippen LogP contribution in [0.15, 0.2) is 24.3 Å². The summed E-state index contributed by atoms with van der Waals surface area (Å²) in [4.78, 5) is 11.9. The number of aliphatic hydroxyl groups is 1. The normalized spacial score (nSPS) is 10.1. The van der Waals surface area contributed by atoms with Gasteiger partial charge in [-0.05, 0) is 36.6 Å². The van der Waals surface area contributed by atoms with E-state index in [0.29, 0.717) is 12.0 Å². The third-order valence-corrected chi connectivity index (χ3v) is 3.11. The van der Waals surface area contributed by atoms with Crippen molar-refractivity contribution in [2.75, 3.05) is 13.2 Å². The molecule has 0 bridgehead atoms. The van der Waals surface area contributed by atoms with Crippen LogP contribution in [-0.2, 0) is 0 Å². The van der Waals surface area contributed by atoms with Gasteiger partial charge in [0, 0.05) is 24.1 Å². The Hall–Kier alpha value is -1.79. The van der Waals surface area contributed by atoms with Crippen molar-refractivity contribution >= 4 is 5.91 Å². The number of rotatable bonds is 7. The van der Waals surface area contributed by atoms with Crippen LogP contribution in [0.4, 0.5) is 0 Å². The highest BCUT2D eigenvalue weighted by molar-refractivity contribution is 5.94. The lowest BCUT2D eigenvalue weighted by Gasteiger charge is -2.06. The number of unbranched alkanes of at least 4 members (excludes halogenated alkanes) is 1. The molecule has 1 aromatic rings. The van der Waals surface area contributed by atoms with Crippen LogP contribution in [0.1, 0.15) is 55.5 Å². The lowest BCUT2D eigenvalue weighted by atomic mass is 10.1. The van der Waals surface area contributed by atoms with Gasteiger partial charge < -0.3 is 10.4 Å². The van der Waals surface area contributed by atoms with Crippen LogP contribution in [-0.4, -0.2) is 24.2 Å². The van der Waals surface area contributed by atoms with Crippen LogP contribution in [0.2, 0.25) is 0 Å². The summed E-state index contributed by atoms with van der Waals surface area (Å²) in [7, 11) is 0. The predicted octanol–water partition coefficient (Wildman–Crippen LogP) is 2.98. The first-order valence-electron chi connectivity index (χ1n) is 7.61. The zero-order chi connectivity index (χ0) is 15.5. The second kappa shape index (κ2) is 10.0. The minimum atomic E-state index is -0.0329. The molecule has 0 aliphatic rings. The Morgan fingerprint density at radius 2 is 1.95 bits per heavy atom. The fourth-order valence-electron chi connectivity index (χ4n) is 1.91. The standard InChI is InChI=1S/C18H25NO2/c1-15(2)7-3-5-13-19-18(21)17-11-9-16(10-12-17)8-4-6-14-20/h9-12,15,20H,3,5-7,13-14H2,1-2H3,(H,19,21). The summed E-state index contributed by atoms with van der Waals surface area (Å²) < 4.78 is 0. The largest absolute Gasteiger partial charge is 0.395 e. The van der Waals surface area contributed by atoms with E-state index in [9.17, 15) is 4.79 Å². The molecule has 0 radical (unpaired) electrons. The van der Waals surface area contributed by atoms with Crippen LogP contribution >= 0.6 is 0 Å². The minimum Gasteiger partial charge on any atom is -0.395 e. The monoisotopic (exact) mass is 287 g/mol. The molecule has 0 aliphatic carbocycles. The van der Waals surface area contributed by atoms with Crippen molar-refractivity contribution in [1.82, 2.24) is 5.32 Å². The van der Waals surface area contributed by atoms with Crippen molar-refractivity contribution in [3.05, 3.63) is 35.4 Å². The summed E-state index contributed by atoms with van der Waals surface area (Å²) in [6.45, 7) is 5.22.